The van der Waals surface area contributed by atoms with Crippen molar-refractivity contribution < 1.29 is 0 Å². The van der Waals surface area contributed by atoms with Gasteiger partial charge in [0.15, 0.2) is 0 Å². The summed E-state index contributed by atoms with van der Waals surface area (Å²) in [5, 5.41) is 0. The second kappa shape index (κ2) is 4.30. The molecule has 0 amide bonds. The van der Waals surface area contributed by atoms with Crippen LogP contribution in [0.1, 0.15) is 48.5 Å². The summed E-state index contributed by atoms with van der Waals surface area (Å²) in [6, 6.07) is 0. The van der Waals surface area contributed by atoms with Gasteiger partial charge in [0.2, 0.25) is 0 Å². The fourth-order valence-electron chi connectivity index (χ4n) is 1.67. The summed E-state index contributed by atoms with van der Waals surface area (Å²) in [5.41, 5.74) is 1.71. The van der Waals surface area contributed by atoms with Crippen molar-refractivity contribution in [3.63, 3.8) is 0 Å². The zero-order valence-electron chi connectivity index (χ0n) is 10.4. The molecule has 0 N–H and O–H groups in total. The topological polar surface area (TPSA) is 0 Å². The summed E-state index contributed by atoms with van der Waals surface area (Å²) in [4.78, 5) is 0. The van der Waals surface area contributed by atoms with Gasteiger partial charge in [0.1, 0.15) is 0 Å². The molecule has 3 atom stereocenters. The third kappa shape index (κ3) is 3.54. The van der Waals surface area contributed by atoms with Crippen LogP contribution in [-0.2, 0) is 0 Å². The molecule has 78 valence electrons. The third-order valence-corrected chi connectivity index (χ3v) is 3.72. The van der Waals surface area contributed by atoms with E-state index < -0.39 is 0 Å². The molecule has 0 aliphatic heterocycles. The molecule has 0 aromatic carbocycles. The van der Waals surface area contributed by atoms with Crippen LogP contribution in [0.4, 0.5) is 0 Å². The van der Waals surface area contributed by atoms with Crippen LogP contribution in [0.3, 0.4) is 0 Å². The molecule has 0 heteroatoms. The Kier molecular flexibility index (Phi) is 4.22. The Morgan fingerprint density at radius 3 is 1.69 bits per heavy atom. The lowest BCUT2D eigenvalue weighted by Gasteiger charge is -2.36. The minimum Gasteiger partial charge on any atom is -0.0999 e. The molecule has 13 heavy (non-hydrogen) atoms. The van der Waals surface area contributed by atoms with E-state index in [1.54, 1.807) is 0 Å². The maximum absolute atomic E-state index is 4.04. The van der Waals surface area contributed by atoms with Crippen molar-refractivity contribution in [2.75, 3.05) is 0 Å². The second-order valence-electron chi connectivity index (χ2n) is 5.65. The zero-order chi connectivity index (χ0) is 10.8. The van der Waals surface area contributed by atoms with E-state index in [0.29, 0.717) is 11.3 Å². The van der Waals surface area contributed by atoms with Gasteiger partial charge >= 0.3 is 0 Å². The average molecular weight is 182 g/mol. The molecule has 0 saturated heterocycles. The fraction of sp³-hybridized carbons (Fsp3) is 0.846. The lowest BCUT2D eigenvalue weighted by atomic mass is 9.70. The summed E-state index contributed by atoms with van der Waals surface area (Å²) < 4.78 is 0. The first-order chi connectivity index (χ1) is 5.68. The van der Waals surface area contributed by atoms with Gasteiger partial charge < -0.3 is 0 Å². The number of rotatable bonds is 3. The normalized spacial score (nSPS) is 19.3. The van der Waals surface area contributed by atoms with E-state index in [9.17, 15) is 0 Å². The highest BCUT2D eigenvalue weighted by molar-refractivity contribution is 4.97. The van der Waals surface area contributed by atoms with E-state index in [2.05, 4.69) is 55.0 Å². The first-order valence-corrected chi connectivity index (χ1v) is 5.33. The molecule has 0 nitrogen and oxygen atoms in total. The summed E-state index contributed by atoms with van der Waals surface area (Å²) in [7, 11) is 0. The molecule has 0 aliphatic rings. The van der Waals surface area contributed by atoms with Crippen LogP contribution in [0.15, 0.2) is 12.2 Å². The predicted octanol–water partition coefficient (Wildman–Crippen LogP) is 4.52. The summed E-state index contributed by atoms with van der Waals surface area (Å²) >= 11 is 0. The van der Waals surface area contributed by atoms with Crippen molar-refractivity contribution in [3.8, 4) is 0 Å². The highest BCUT2D eigenvalue weighted by Crippen LogP contribution is 2.36. The Morgan fingerprint density at radius 1 is 1.08 bits per heavy atom. The predicted molar refractivity (Wildman–Crippen MR) is 61.8 cm³/mol. The van der Waals surface area contributed by atoms with Crippen LogP contribution in [0.2, 0.25) is 0 Å². The Bertz CT molecular complexity index is 171. The molecule has 0 heterocycles. The number of hydrogen-bond donors (Lipinski definition) is 0. The van der Waals surface area contributed by atoms with E-state index in [-0.39, 0.29) is 0 Å². The van der Waals surface area contributed by atoms with Crippen LogP contribution >= 0.6 is 0 Å². The van der Waals surface area contributed by atoms with Crippen LogP contribution < -0.4 is 0 Å². The standard InChI is InChI=1S/C13H26/c1-9(2)10(3)11(4)12(5)13(6,7)8/h10-12H,1H2,2-8H3. The molecule has 0 aromatic heterocycles. The largest absolute Gasteiger partial charge is 0.0999 e. The van der Waals surface area contributed by atoms with Crippen LogP contribution in [0.25, 0.3) is 0 Å². The molecular formula is C13H26. The molecule has 0 spiro atoms. The van der Waals surface area contributed by atoms with E-state index in [0.717, 1.165) is 11.8 Å². The van der Waals surface area contributed by atoms with Crippen molar-refractivity contribution in [1.82, 2.24) is 0 Å². The molecule has 0 saturated carbocycles. The lowest BCUT2D eigenvalue weighted by molar-refractivity contribution is 0.158. The zero-order valence-corrected chi connectivity index (χ0v) is 10.4. The average Bonchev–Trinajstić information content (AvgIpc) is 1.98. The highest BCUT2D eigenvalue weighted by atomic mass is 14.3. The molecule has 0 aliphatic carbocycles. The van der Waals surface area contributed by atoms with Gasteiger partial charge in [0.05, 0.1) is 0 Å². The van der Waals surface area contributed by atoms with Gasteiger partial charge in [-0.25, -0.2) is 0 Å². The Morgan fingerprint density at radius 2 is 1.46 bits per heavy atom. The van der Waals surface area contributed by atoms with Crippen molar-refractivity contribution in [3.05, 3.63) is 12.2 Å². The number of hydrogen-bond acceptors (Lipinski definition) is 0. The van der Waals surface area contributed by atoms with Crippen molar-refractivity contribution >= 4 is 0 Å². The number of allylic oxidation sites excluding steroid dienone is 1. The quantitative estimate of drug-likeness (QED) is 0.563. The van der Waals surface area contributed by atoms with Crippen molar-refractivity contribution in [2.45, 2.75) is 48.5 Å². The fourth-order valence-corrected chi connectivity index (χ4v) is 1.67. The van der Waals surface area contributed by atoms with E-state index in [1.807, 2.05) is 0 Å². The van der Waals surface area contributed by atoms with Gasteiger partial charge in [0.25, 0.3) is 0 Å². The molecule has 0 bridgehead atoms. The van der Waals surface area contributed by atoms with E-state index in [1.165, 1.54) is 5.57 Å². The Labute approximate surface area is 84.4 Å². The van der Waals surface area contributed by atoms with E-state index in [4.69, 9.17) is 0 Å². The van der Waals surface area contributed by atoms with Gasteiger partial charge in [-0.3, -0.25) is 0 Å². The molecule has 0 rings (SSSR count). The monoisotopic (exact) mass is 182 g/mol. The van der Waals surface area contributed by atoms with Gasteiger partial charge in [-0.1, -0.05) is 53.7 Å². The first-order valence-electron chi connectivity index (χ1n) is 5.33. The highest BCUT2D eigenvalue weighted by Gasteiger charge is 2.28. The van der Waals surface area contributed by atoms with Crippen molar-refractivity contribution in [1.29, 1.82) is 0 Å². The minimum atomic E-state index is 0.406. The Balaban J connectivity index is 4.42. The maximum atomic E-state index is 4.04. The summed E-state index contributed by atoms with van der Waals surface area (Å²) in [6.45, 7) is 20.1. The third-order valence-electron chi connectivity index (χ3n) is 3.72. The SMILES string of the molecule is C=C(C)C(C)C(C)C(C)C(C)(C)C. The van der Waals surface area contributed by atoms with Crippen molar-refractivity contribution in [2.24, 2.45) is 23.2 Å². The van der Waals surface area contributed by atoms with Gasteiger partial charge in [-0.15, -0.1) is 0 Å². The minimum absolute atomic E-state index is 0.406. The first kappa shape index (κ1) is 12.7. The van der Waals surface area contributed by atoms with Gasteiger partial charge in [0, 0.05) is 0 Å². The lowest BCUT2D eigenvalue weighted by Crippen LogP contribution is -2.28. The summed E-state index contributed by atoms with van der Waals surface area (Å²) in [5.74, 6) is 2.09. The summed E-state index contributed by atoms with van der Waals surface area (Å²) in [6.07, 6.45) is 0. The van der Waals surface area contributed by atoms with Gasteiger partial charge in [-0.05, 0) is 30.1 Å². The van der Waals surface area contributed by atoms with Crippen LogP contribution in [0, 0.1) is 23.2 Å². The van der Waals surface area contributed by atoms with Crippen LogP contribution in [0.5, 0.6) is 0 Å². The van der Waals surface area contributed by atoms with Crippen LogP contribution in [-0.4, -0.2) is 0 Å². The smallest absolute Gasteiger partial charge is 0.0209 e. The molecule has 0 fully saturated rings. The van der Waals surface area contributed by atoms with Gasteiger partial charge in [-0.2, -0.15) is 0 Å². The molecule has 3 unspecified atom stereocenters. The Hall–Kier alpha value is -0.260. The molecule has 0 radical (unpaired) electrons. The second-order valence-corrected chi connectivity index (χ2v) is 5.65. The maximum Gasteiger partial charge on any atom is -0.0209 e. The van der Waals surface area contributed by atoms with E-state index >= 15 is 0 Å². The molecular weight excluding hydrogens is 156 g/mol. The molecule has 0 aromatic rings.